The second kappa shape index (κ2) is 2.64. The molecule has 0 saturated carbocycles. The molecule has 3 heteroatoms. The van der Waals surface area contributed by atoms with E-state index in [1.54, 1.807) is 12.1 Å². The molecule has 0 aromatic heterocycles. The maximum Gasteiger partial charge on any atom is 0.0750 e. The van der Waals surface area contributed by atoms with Gasteiger partial charge < -0.3 is 4.74 Å². The smallest absolute Gasteiger partial charge is 0.0750 e. The summed E-state index contributed by atoms with van der Waals surface area (Å²) in [6.45, 7) is 3.98. The third kappa shape index (κ3) is 1.41. The minimum Gasteiger partial charge on any atom is -0.380 e. The molecule has 9 heavy (non-hydrogen) atoms. The average Bonchev–Trinajstić information content (AvgIpc) is 2.10. The first-order valence-corrected chi connectivity index (χ1v) is 3.26. The topological polar surface area (TPSA) is 38.5 Å². The van der Waals surface area contributed by atoms with Crippen LogP contribution in [0.3, 0.4) is 0 Å². The Kier molecular flexibility index (Phi) is 2.05. The normalized spacial score (nSPS) is 37.7. The van der Waals surface area contributed by atoms with Crippen molar-refractivity contribution in [2.75, 3.05) is 20.2 Å². The molecule has 2 unspecified atom stereocenters. The zero-order valence-electron chi connectivity index (χ0n) is 6.00. The minimum atomic E-state index is 0.343. The number of hydrogen-bond acceptors (Lipinski definition) is 3. The highest BCUT2D eigenvalue weighted by Crippen LogP contribution is 2.14. The van der Waals surface area contributed by atoms with Crippen LogP contribution in [0.4, 0.5) is 0 Å². The van der Waals surface area contributed by atoms with Gasteiger partial charge in [0.25, 0.3) is 0 Å². The van der Waals surface area contributed by atoms with Crippen molar-refractivity contribution in [3.63, 3.8) is 0 Å². The monoisotopic (exact) mass is 130 g/mol. The largest absolute Gasteiger partial charge is 0.380 e. The van der Waals surface area contributed by atoms with Gasteiger partial charge in [-0.3, -0.25) is 5.84 Å². The lowest BCUT2D eigenvalue weighted by atomic mass is 10.1. The lowest BCUT2D eigenvalue weighted by molar-refractivity contribution is 0.0838. The van der Waals surface area contributed by atoms with E-state index in [-0.39, 0.29) is 0 Å². The van der Waals surface area contributed by atoms with Crippen molar-refractivity contribution < 1.29 is 4.74 Å². The van der Waals surface area contributed by atoms with E-state index in [0.717, 1.165) is 13.1 Å². The van der Waals surface area contributed by atoms with Crippen molar-refractivity contribution in [2.24, 2.45) is 11.8 Å². The molecule has 2 N–H and O–H groups in total. The van der Waals surface area contributed by atoms with Gasteiger partial charge in [0.05, 0.1) is 6.10 Å². The Bertz CT molecular complexity index is 97.1. The molecule has 0 amide bonds. The molecule has 3 nitrogen and oxygen atoms in total. The third-order valence-electron chi connectivity index (χ3n) is 1.87. The van der Waals surface area contributed by atoms with Crippen molar-refractivity contribution in [1.29, 1.82) is 0 Å². The van der Waals surface area contributed by atoms with Gasteiger partial charge in [-0.1, -0.05) is 6.92 Å². The van der Waals surface area contributed by atoms with E-state index in [2.05, 4.69) is 6.92 Å². The van der Waals surface area contributed by atoms with Crippen molar-refractivity contribution in [3.8, 4) is 0 Å². The number of ether oxygens (including phenoxy) is 1. The van der Waals surface area contributed by atoms with Gasteiger partial charge in [0, 0.05) is 20.2 Å². The van der Waals surface area contributed by atoms with Gasteiger partial charge in [-0.25, -0.2) is 5.01 Å². The maximum atomic E-state index is 5.54. The molecule has 0 aliphatic carbocycles. The molecule has 1 heterocycles. The Labute approximate surface area is 55.7 Å². The first-order valence-electron chi connectivity index (χ1n) is 3.26. The van der Waals surface area contributed by atoms with Crippen LogP contribution in [0.1, 0.15) is 6.92 Å². The number of hydrogen-bond donors (Lipinski definition) is 1. The minimum absolute atomic E-state index is 0.343. The molecule has 0 spiro atoms. The van der Waals surface area contributed by atoms with Crippen LogP contribution in [0.15, 0.2) is 0 Å². The highest BCUT2D eigenvalue weighted by atomic mass is 16.5. The number of nitrogens with two attached hydrogens (primary N) is 1. The Balaban J connectivity index is 2.38. The average molecular weight is 130 g/mol. The standard InChI is InChI=1S/C6H14N2O/c1-5-3-8(7)4-6(5)9-2/h5-6H,3-4,7H2,1-2H3. The molecule has 0 aromatic rings. The zero-order valence-corrected chi connectivity index (χ0v) is 6.00. The summed E-state index contributed by atoms with van der Waals surface area (Å²) in [5, 5.41) is 1.80. The van der Waals surface area contributed by atoms with Crippen LogP contribution in [-0.2, 0) is 4.74 Å². The Hall–Kier alpha value is -0.120. The van der Waals surface area contributed by atoms with Gasteiger partial charge >= 0.3 is 0 Å². The predicted molar refractivity (Wildman–Crippen MR) is 35.7 cm³/mol. The first-order chi connectivity index (χ1) is 4.24. The van der Waals surface area contributed by atoms with E-state index >= 15 is 0 Å². The van der Waals surface area contributed by atoms with E-state index in [9.17, 15) is 0 Å². The number of hydrazine groups is 1. The molecule has 1 aliphatic heterocycles. The summed E-state index contributed by atoms with van der Waals surface area (Å²) in [4.78, 5) is 0. The Morgan fingerprint density at radius 2 is 2.22 bits per heavy atom. The molecule has 0 bridgehead atoms. The van der Waals surface area contributed by atoms with E-state index < -0.39 is 0 Å². The van der Waals surface area contributed by atoms with Gasteiger partial charge in [0.2, 0.25) is 0 Å². The van der Waals surface area contributed by atoms with E-state index in [1.807, 2.05) is 0 Å². The van der Waals surface area contributed by atoms with Crippen molar-refractivity contribution in [1.82, 2.24) is 5.01 Å². The second-order valence-corrected chi connectivity index (χ2v) is 2.71. The summed E-state index contributed by atoms with van der Waals surface area (Å²) >= 11 is 0. The predicted octanol–water partition coefficient (Wildman–Crippen LogP) is -0.173. The SMILES string of the molecule is COC1CN(N)CC1C. The lowest BCUT2D eigenvalue weighted by Gasteiger charge is -2.09. The van der Waals surface area contributed by atoms with Gasteiger partial charge in [-0.15, -0.1) is 0 Å². The summed E-state index contributed by atoms with van der Waals surface area (Å²) in [6, 6.07) is 0. The molecule has 1 rings (SSSR count). The number of nitrogens with zero attached hydrogens (tertiary/aromatic N) is 1. The van der Waals surface area contributed by atoms with Crippen molar-refractivity contribution in [2.45, 2.75) is 13.0 Å². The van der Waals surface area contributed by atoms with Crippen molar-refractivity contribution in [3.05, 3.63) is 0 Å². The fourth-order valence-corrected chi connectivity index (χ4v) is 1.28. The molecule has 1 aliphatic rings. The quantitative estimate of drug-likeness (QED) is 0.501. The third-order valence-corrected chi connectivity index (χ3v) is 1.87. The van der Waals surface area contributed by atoms with Gasteiger partial charge in [-0.2, -0.15) is 0 Å². The molecular formula is C6H14N2O. The molecule has 1 saturated heterocycles. The van der Waals surface area contributed by atoms with Crippen LogP contribution < -0.4 is 5.84 Å². The summed E-state index contributed by atoms with van der Waals surface area (Å²) in [5.41, 5.74) is 0. The summed E-state index contributed by atoms with van der Waals surface area (Å²) in [7, 11) is 1.74. The fraction of sp³-hybridized carbons (Fsp3) is 1.00. The van der Waals surface area contributed by atoms with E-state index in [0.29, 0.717) is 12.0 Å². The van der Waals surface area contributed by atoms with Crippen molar-refractivity contribution >= 4 is 0 Å². The summed E-state index contributed by atoms with van der Waals surface area (Å²) < 4.78 is 5.17. The highest BCUT2D eigenvalue weighted by Gasteiger charge is 2.26. The fourth-order valence-electron chi connectivity index (χ4n) is 1.28. The molecule has 0 radical (unpaired) electrons. The molecule has 1 fully saturated rings. The number of methoxy groups -OCH3 is 1. The molecule has 0 aromatic carbocycles. The van der Waals surface area contributed by atoms with Crippen LogP contribution in [0.2, 0.25) is 0 Å². The number of rotatable bonds is 1. The molecular weight excluding hydrogens is 116 g/mol. The zero-order chi connectivity index (χ0) is 6.85. The van der Waals surface area contributed by atoms with Crippen LogP contribution >= 0.6 is 0 Å². The van der Waals surface area contributed by atoms with Crippen LogP contribution in [0.5, 0.6) is 0 Å². The van der Waals surface area contributed by atoms with E-state index in [1.165, 1.54) is 0 Å². The maximum absolute atomic E-state index is 5.54. The first kappa shape index (κ1) is 6.99. The Morgan fingerprint density at radius 1 is 1.56 bits per heavy atom. The molecule has 54 valence electrons. The van der Waals surface area contributed by atoms with E-state index in [4.69, 9.17) is 10.6 Å². The van der Waals surface area contributed by atoms with Crippen LogP contribution in [-0.4, -0.2) is 31.3 Å². The van der Waals surface area contributed by atoms with Gasteiger partial charge in [-0.05, 0) is 5.92 Å². The van der Waals surface area contributed by atoms with Gasteiger partial charge in [0.15, 0.2) is 0 Å². The van der Waals surface area contributed by atoms with Crippen LogP contribution in [0, 0.1) is 5.92 Å². The summed E-state index contributed by atoms with van der Waals surface area (Å²) in [6.07, 6.45) is 0.343. The summed E-state index contributed by atoms with van der Waals surface area (Å²) in [5.74, 6) is 6.13. The lowest BCUT2D eigenvalue weighted by Crippen LogP contribution is -2.29. The van der Waals surface area contributed by atoms with Crippen LogP contribution in [0.25, 0.3) is 0 Å². The Morgan fingerprint density at radius 3 is 2.44 bits per heavy atom. The molecule has 2 atom stereocenters. The highest BCUT2D eigenvalue weighted by molar-refractivity contribution is 4.78. The second-order valence-electron chi connectivity index (χ2n) is 2.71. The van der Waals surface area contributed by atoms with Gasteiger partial charge in [0.1, 0.15) is 0 Å².